The standard InChI is InChI=1S/C14H16N6O/c15-10-2-3-11-12(9-17-13(11)8-10)14(21)16-4-1-6-20-7-5-18-19-20/h2-3,5,7-9,17H,1,4,6,15H2,(H,16,21). The molecule has 0 spiro atoms. The van der Waals surface area contributed by atoms with Crippen molar-refractivity contribution in [3.05, 3.63) is 42.4 Å². The lowest BCUT2D eigenvalue weighted by atomic mass is 10.1. The molecule has 0 aliphatic heterocycles. The second kappa shape index (κ2) is 5.66. The van der Waals surface area contributed by atoms with E-state index in [1.807, 2.05) is 12.1 Å². The molecular formula is C14H16N6O. The molecule has 0 aliphatic rings. The highest BCUT2D eigenvalue weighted by Crippen LogP contribution is 2.20. The van der Waals surface area contributed by atoms with Crippen LogP contribution in [0.1, 0.15) is 16.8 Å². The molecule has 0 bridgehead atoms. The van der Waals surface area contributed by atoms with Gasteiger partial charge in [-0.05, 0) is 24.6 Å². The van der Waals surface area contributed by atoms with Crippen LogP contribution in [0.5, 0.6) is 0 Å². The van der Waals surface area contributed by atoms with Gasteiger partial charge in [-0.1, -0.05) is 5.21 Å². The smallest absolute Gasteiger partial charge is 0.253 e. The molecule has 0 atom stereocenters. The van der Waals surface area contributed by atoms with Gasteiger partial charge in [0, 0.05) is 42.1 Å². The minimum absolute atomic E-state index is 0.0930. The predicted molar refractivity (Wildman–Crippen MR) is 79.7 cm³/mol. The summed E-state index contributed by atoms with van der Waals surface area (Å²) in [5, 5.41) is 11.4. The first-order valence-electron chi connectivity index (χ1n) is 6.73. The van der Waals surface area contributed by atoms with Gasteiger partial charge in [0.05, 0.1) is 11.8 Å². The van der Waals surface area contributed by atoms with E-state index in [0.29, 0.717) is 17.8 Å². The molecule has 0 unspecified atom stereocenters. The lowest BCUT2D eigenvalue weighted by molar-refractivity contribution is 0.0954. The fourth-order valence-electron chi connectivity index (χ4n) is 2.22. The molecule has 0 saturated carbocycles. The zero-order chi connectivity index (χ0) is 14.7. The van der Waals surface area contributed by atoms with Gasteiger partial charge in [-0.2, -0.15) is 0 Å². The molecule has 0 saturated heterocycles. The van der Waals surface area contributed by atoms with E-state index in [4.69, 9.17) is 5.73 Å². The minimum Gasteiger partial charge on any atom is -0.399 e. The Hall–Kier alpha value is -2.83. The van der Waals surface area contributed by atoms with Gasteiger partial charge in [0.15, 0.2) is 0 Å². The maximum atomic E-state index is 12.2. The van der Waals surface area contributed by atoms with Gasteiger partial charge in [-0.25, -0.2) is 0 Å². The van der Waals surface area contributed by atoms with E-state index in [1.54, 1.807) is 29.3 Å². The van der Waals surface area contributed by atoms with Crippen LogP contribution in [0, 0.1) is 0 Å². The largest absolute Gasteiger partial charge is 0.399 e. The van der Waals surface area contributed by atoms with Gasteiger partial charge in [0.25, 0.3) is 5.91 Å². The van der Waals surface area contributed by atoms with Crippen molar-refractivity contribution in [2.24, 2.45) is 0 Å². The van der Waals surface area contributed by atoms with Crippen LogP contribution in [-0.2, 0) is 6.54 Å². The summed E-state index contributed by atoms with van der Waals surface area (Å²) in [6.45, 7) is 1.31. The normalized spacial score (nSPS) is 10.9. The highest BCUT2D eigenvalue weighted by molar-refractivity contribution is 6.07. The molecule has 4 N–H and O–H groups in total. The molecule has 3 aromatic rings. The van der Waals surface area contributed by atoms with Crippen LogP contribution in [0.2, 0.25) is 0 Å². The van der Waals surface area contributed by atoms with Crippen LogP contribution in [-0.4, -0.2) is 32.4 Å². The zero-order valence-electron chi connectivity index (χ0n) is 11.4. The van der Waals surface area contributed by atoms with Crippen LogP contribution in [0.15, 0.2) is 36.8 Å². The van der Waals surface area contributed by atoms with Gasteiger partial charge < -0.3 is 16.0 Å². The summed E-state index contributed by atoms with van der Waals surface area (Å²) >= 11 is 0. The second-order valence-corrected chi connectivity index (χ2v) is 4.78. The lowest BCUT2D eigenvalue weighted by Gasteiger charge is -2.04. The van der Waals surface area contributed by atoms with Crippen molar-refractivity contribution in [2.75, 3.05) is 12.3 Å². The SMILES string of the molecule is Nc1ccc2c(C(=O)NCCCn3ccnn3)c[nH]c2c1. The maximum Gasteiger partial charge on any atom is 0.253 e. The molecule has 1 aromatic carbocycles. The quantitative estimate of drug-likeness (QED) is 0.483. The molecule has 7 heteroatoms. The van der Waals surface area contributed by atoms with Crippen LogP contribution >= 0.6 is 0 Å². The van der Waals surface area contributed by atoms with Crippen molar-refractivity contribution < 1.29 is 4.79 Å². The van der Waals surface area contributed by atoms with E-state index in [2.05, 4.69) is 20.6 Å². The number of amides is 1. The predicted octanol–water partition coefficient (Wildman–Crippen LogP) is 1.16. The Morgan fingerprint density at radius 1 is 1.43 bits per heavy atom. The second-order valence-electron chi connectivity index (χ2n) is 4.78. The number of nitrogens with two attached hydrogens (primary N) is 1. The van der Waals surface area contributed by atoms with Crippen molar-refractivity contribution in [1.82, 2.24) is 25.3 Å². The van der Waals surface area contributed by atoms with E-state index < -0.39 is 0 Å². The van der Waals surface area contributed by atoms with Gasteiger partial charge in [0.2, 0.25) is 0 Å². The number of nitrogens with one attached hydrogen (secondary N) is 2. The summed E-state index contributed by atoms with van der Waals surface area (Å²) < 4.78 is 1.74. The van der Waals surface area contributed by atoms with Gasteiger partial charge >= 0.3 is 0 Å². The average molecular weight is 284 g/mol. The van der Waals surface area contributed by atoms with Crippen molar-refractivity contribution in [3.63, 3.8) is 0 Å². The van der Waals surface area contributed by atoms with E-state index in [9.17, 15) is 4.79 Å². The first kappa shape index (κ1) is 13.2. The fraction of sp³-hybridized carbons (Fsp3) is 0.214. The highest BCUT2D eigenvalue weighted by Gasteiger charge is 2.11. The molecule has 0 fully saturated rings. The third kappa shape index (κ3) is 2.86. The zero-order valence-corrected chi connectivity index (χ0v) is 11.4. The Kier molecular flexibility index (Phi) is 3.55. The third-order valence-corrected chi connectivity index (χ3v) is 3.27. The summed E-state index contributed by atoms with van der Waals surface area (Å²) in [6.07, 6.45) is 5.93. The summed E-state index contributed by atoms with van der Waals surface area (Å²) in [5.41, 5.74) is 7.88. The topological polar surface area (TPSA) is 102 Å². The maximum absolute atomic E-state index is 12.2. The summed E-state index contributed by atoms with van der Waals surface area (Å²) in [5.74, 6) is -0.0930. The molecule has 108 valence electrons. The van der Waals surface area contributed by atoms with Crippen LogP contribution in [0.3, 0.4) is 0 Å². The summed E-state index contributed by atoms with van der Waals surface area (Å²) in [7, 11) is 0. The fourth-order valence-corrected chi connectivity index (χ4v) is 2.22. The third-order valence-electron chi connectivity index (χ3n) is 3.27. The number of nitrogen functional groups attached to an aromatic ring is 1. The van der Waals surface area contributed by atoms with E-state index in [0.717, 1.165) is 23.9 Å². The number of rotatable bonds is 5. The van der Waals surface area contributed by atoms with E-state index >= 15 is 0 Å². The Bertz CT molecular complexity index is 746. The molecule has 1 amide bonds. The van der Waals surface area contributed by atoms with Crippen molar-refractivity contribution >= 4 is 22.5 Å². The number of aromatic amines is 1. The van der Waals surface area contributed by atoms with Crippen LogP contribution < -0.4 is 11.1 Å². The Labute approximate surface area is 121 Å². The summed E-state index contributed by atoms with van der Waals surface area (Å²) in [4.78, 5) is 15.2. The molecule has 2 aromatic heterocycles. The number of anilines is 1. The van der Waals surface area contributed by atoms with Crippen molar-refractivity contribution in [2.45, 2.75) is 13.0 Å². The monoisotopic (exact) mass is 284 g/mol. The number of aryl methyl sites for hydroxylation is 1. The molecule has 0 aliphatic carbocycles. The lowest BCUT2D eigenvalue weighted by Crippen LogP contribution is -2.25. The van der Waals surface area contributed by atoms with Crippen LogP contribution in [0.4, 0.5) is 5.69 Å². The first-order chi connectivity index (χ1) is 10.2. The number of carbonyl (C=O) groups excluding carboxylic acids is 1. The number of hydrogen-bond donors (Lipinski definition) is 3. The van der Waals surface area contributed by atoms with Gasteiger partial charge in [-0.15, -0.1) is 5.10 Å². The van der Waals surface area contributed by atoms with Crippen molar-refractivity contribution in [1.29, 1.82) is 0 Å². The van der Waals surface area contributed by atoms with E-state index in [-0.39, 0.29) is 5.91 Å². The Balaban J connectivity index is 1.59. The van der Waals surface area contributed by atoms with Gasteiger partial charge in [0.1, 0.15) is 0 Å². The summed E-state index contributed by atoms with van der Waals surface area (Å²) in [6, 6.07) is 5.46. The molecule has 21 heavy (non-hydrogen) atoms. The number of nitrogens with zero attached hydrogens (tertiary/aromatic N) is 3. The number of hydrogen-bond acceptors (Lipinski definition) is 4. The number of benzene rings is 1. The number of fused-ring (bicyclic) bond motifs is 1. The minimum atomic E-state index is -0.0930. The van der Waals surface area contributed by atoms with Gasteiger partial charge in [-0.3, -0.25) is 9.48 Å². The molecule has 2 heterocycles. The number of H-pyrrole nitrogens is 1. The number of carbonyl (C=O) groups is 1. The molecule has 7 nitrogen and oxygen atoms in total. The van der Waals surface area contributed by atoms with Crippen molar-refractivity contribution in [3.8, 4) is 0 Å². The number of aromatic nitrogens is 4. The molecule has 3 rings (SSSR count). The average Bonchev–Trinajstić information content (AvgIpc) is 3.12. The molecule has 0 radical (unpaired) electrons. The Morgan fingerprint density at radius 2 is 2.33 bits per heavy atom. The molecular weight excluding hydrogens is 268 g/mol. The Morgan fingerprint density at radius 3 is 3.14 bits per heavy atom. The van der Waals surface area contributed by atoms with Crippen LogP contribution in [0.25, 0.3) is 10.9 Å². The first-order valence-corrected chi connectivity index (χ1v) is 6.73. The van der Waals surface area contributed by atoms with E-state index in [1.165, 1.54) is 0 Å². The highest BCUT2D eigenvalue weighted by atomic mass is 16.1.